The van der Waals surface area contributed by atoms with Gasteiger partial charge < -0.3 is 21.1 Å². The van der Waals surface area contributed by atoms with Crippen LogP contribution in [0.5, 0.6) is 11.5 Å². The first-order valence-corrected chi connectivity index (χ1v) is 9.17. The molecule has 30 heavy (non-hydrogen) atoms. The molecule has 1 heterocycles. The third-order valence-electron chi connectivity index (χ3n) is 4.11. The third kappa shape index (κ3) is 5.65. The van der Waals surface area contributed by atoms with E-state index in [9.17, 15) is 14.4 Å². The number of hydrogen-bond acceptors (Lipinski definition) is 5. The molecule has 0 unspecified atom stereocenters. The zero-order valence-corrected chi connectivity index (χ0v) is 16.0. The van der Waals surface area contributed by atoms with Crippen molar-refractivity contribution in [2.75, 3.05) is 13.1 Å². The Hall–Kier alpha value is -4.20. The van der Waals surface area contributed by atoms with Crippen molar-refractivity contribution in [1.29, 1.82) is 0 Å². The highest BCUT2D eigenvalue weighted by molar-refractivity contribution is 5.95. The summed E-state index contributed by atoms with van der Waals surface area (Å²) in [6, 6.07) is 16.4. The van der Waals surface area contributed by atoms with Crippen molar-refractivity contribution in [3.8, 4) is 11.5 Å². The lowest BCUT2D eigenvalue weighted by Crippen LogP contribution is -2.34. The molecule has 0 saturated heterocycles. The number of carbonyl (C=O) groups excluding carboxylic acids is 3. The predicted octanol–water partition coefficient (Wildman–Crippen LogP) is 2.13. The minimum absolute atomic E-state index is 0.247. The van der Waals surface area contributed by atoms with E-state index < -0.39 is 5.91 Å². The van der Waals surface area contributed by atoms with Gasteiger partial charge in [-0.1, -0.05) is 0 Å². The van der Waals surface area contributed by atoms with E-state index in [2.05, 4.69) is 15.6 Å². The van der Waals surface area contributed by atoms with E-state index in [1.165, 1.54) is 6.20 Å². The summed E-state index contributed by atoms with van der Waals surface area (Å²) in [6.07, 6.45) is 3.07. The summed E-state index contributed by atoms with van der Waals surface area (Å²) in [5.74, 6) is 0.0722. The van der Waals surface area contributed by atoms with Gasteiger partial charge >= 0.3 is 0 Å². The number of nitrogens with two attached hydrogens (primary N) is 1. The van der Waals surface area contributed by atoms with E-state index in [1.807, 2.05) is 0 Å². The van der Waals surface area contributed by atoms with E-state index in [1.54, 1.807) is 66.9 Å². The average molecular weight is 404 g/mol. The molecule has 0 radical (unpaired) electrons. The second-order valence-corrected chi connectivity index (χ2v) is 6.27. The fourth-order valence-electron chi connectivity index (χ4n) is 2.55. The third-order valence-corrected chi connectivity index (χ3v) is 4.11. The van der Waals surface area contributed by atoms with Crippen molar-refractivity contribution in [3.63, 3.8) is 0 Å². The second kappa shape index (κ2) is 9.83. The van der Waals surface area contributed by atoms with Crippen molar-refractivity contribution in [2.45, 2.75) is 0 Å². The van der Waals surface area contributed by atoms with Crippen LogP contribution in [0, 0.1) is 0 Å². The van der Waals surface area contributed by atoms with E-state index in [0.717, 1.165) is 0 Å². The van der Waals surface area contributed by atoms with E-state index >= 15 is 0 Å². The zero-order valence-electron chi connectivity index (χ0n) is 16.0. The van der Waals surface area contributed by atoms with Gasteiger partial charge in [0.1, 0.15) is 11.5 Å². The zero-order chi connectivity index (χ0) is 21.3. The number of amides is 3. The van der Waals surface area contributed by atoms with Crippen molar-refractivity contribution in [1.82, 2.24) is 15.6 Å². The van der Waals surface area contributed by atoms with Gasteiger partial charge in [-0.25, -0.2) is 0 Å². The van der Waals surface area contributed by atoms with Crippen LogP contribution in [0.25, 0.3) is 0 Å². The van der Waals surface area contributed by atoms with Gasteiger partial charge in [-0.2, -0.15) is 0 Å². The number of nitrogens with zero attached hydrogens (tertiary/aromatic N) is 1. The number of primary amides is 1. The van der Waals surface area contributed by atoms with Gasteiger partial charge in [0.2, 0.25) is 5.91 Å². The van der Waals surface area contributed by atoms with Crippen LogP contribution in [0.3, 0.4) is 0 Å². The van der Waals surface area contributed by atoms with Crippen LogP contribution < -0.4 is 21.1 Å². The molecule has 3 aromatic rings. The largest absolute Gasteiger partial charge is 0.457 e. The second-order valence-electron chi connectivity index (χ2n) is 6.27. The summed E-state index contributed by atoms with van der Waals surface area (Å²) in [5, 5.41) is 5.45. The smallest absolute Gasteiger partial charge is 0.252 e. The Kier molecular flexibility index (Phi) is 6.73. The van der Waals surface area contributed by atoms with Gasteiger partial charge in [-0.15, -0.1) is 0 Å². The summed E-state index contributed by atoms with van der Waals surface area (Å²) in [7, 11) is 0. The Bertz CT molecular complexity index is 1020. The Morgan fingerprint density at radius 3 is 1.80 bits per heavy atom. The predicted molar refractivity (Wildman–Crippen MR) is 110 cm³/mol. The summed E-state index contributed by atoms with van der Waals surface area (Å²) in [6.45, 7) is 0.581. The highest BCUT2D eigenvalue weighted by atomic mass is 16.5. The molecule has 1 aromatic heterocycles. The maximum Gasteiger partial charge on any atom is 0.252 e. The highest BCUT2D eigenvalue weighted by Gasteiger charge is 2.08. The normalized spacial score (nSPS) is 10.1. The van der Waals surface area contributed by atoms with Gasteiger partial charge in [-0.3, -0.25) is 19.4 Å². The number of nitrogens with one attached hydrogen (secondary N) is 2. The molecule has 0 bridgehead atoms. The lowest BCUT2D eigenvalue weighted by molar-refractivity contribution is 0.0927. The summed E-state index contributed by atoms with van der Waals surface area (Å²) < 4.78 is 5.68. The number of ether oxygens (including phenoxy) is 1. The molecule has 0 aliphatic rings. The van der Waals surface area contributed by atoms with Gasteiger partial charge in [-0.05, 0) is 60.7 Å². The van der Waals surface area contributed by atoms with Gasteiger partial charge in [0.15, 0.2) is 0 Å². The summed E-state index contributed by atoms with van der Waals surface area (Å²) >= 11 is 0. The average Bonchev–Trinajstić information content (AvgIpc) is 2.78. The molecule has 2 aromatic carbocycles. The lowest BCUT2D eigenvalue weighted by Gasteiger charge is -2.09. The molecule has 8 nitrogen and oxygen atoms in total. The van der Waals surface area contributed by atoms with E-state index in [4.69, 9.17) is 10.5 Å². The Morgan fingerprint density at radius 1 is 0.767 bits per heavy atom. The monoisotopic (exact) mass is 404 g/mol. The standard InChI is InChI=1S/C22H20N4O4/c23-20(27)15-3-7-18(8-4-15)30-19-9-5-16(6-10-19)21(28)25-12-13-26-22(29)17-2-1-11-24-14-17/h1-11,14H,12-13H2,(H2,23,27)(H,25,28)(H,26,29). The van der Waals surface area contributed by atoms with Crippen molar-refractivity contribution >= 4 is 17.7 Å². The Balaban J connectivity index is 1.45. The number of pyridine rings is 1. The molecule has 3 rings (SSSR count). The first kappa shape index (κ1) is 20.5. The number of aromatic nitrogens is 1. The maximum atomic E-state index is 12.2. The first-order chi connectivity index (χ1) is 14.5. The minimum Gasteiger partial charge on any atom is -0.457 e. The molecular formula is C22H20N4O4. The SMILES string of the molecule is NC(=O)c1ccc(Oc2ccc(C(=O)NCCNC(=O)c3cccnc3)cc2)cc1. The van der Waals surface area contributed by atoms with Crippen LogP contribution in [0.15, 0.2) is 73.1 Å². The van der Waals surface area contributed by atoms with Crippen LogP contribution in [0.1, 0.15) is 31.1 Å². The van der Waals surface area contributed by atoms with Crippen LogP contribution in [-0.2, 0) is 0 Å². The first-order valence-electron chi connectivity index (χ1n) is 9.17. The minimum atomic E-state index is -0.506. The van der Waals surface area contributed by atoms with Gasteiger partial charge in [0.05, 0.1) is 5.56 Å². The topological polar surface area (TPSA) is 123 Å². The maximum absolute atomic E-state index is 12.2. The molecule has 0 spiro atoms. The van der Waals surface area contributed by atoms with E-state index in [0.29, 0.717) is 34.7 Å². The number of carbonyl (C=O) groups is 3. The van der Waals surface area contributed by atoms with Crippen LogP contribution >= 0.6 is 0 Å². The van der Waals surface area contributed by atoms with Gasteiger partial charge in [0, 0.05) is 36.6 Å². The van der Waals surface area contributed by atoms with Crippen LogP contribution in [-0.4, -0.2) is 35.8 Å². The molecular weight excluding hydrogens is 384 g/mol. The molecule has 152 valence electrons. The molecule has 3 amide bonds. The molecule has 0 aliphatic carbocycles. The number of rotatable bonds is 8. The molecule has 0 saturated carbocycles. The summed E-state index contributed by atoms with van der Waals surface area (Å²) in [5.41, 5.74) is 6.52. The van der Waals surface area contributed by atoms with Crippen molar-refractivity contribution < 1.29 is 19.1 Å². The Morgan fingerprint density at radius 2 is 1.30 bits per heavy atom. The highest BCUT2D eigenvalue weighted by Crippen LogP contribution is 2.22. The molecule has 4 N–H and O–H groups in total. The van der Waals surface area contributed by atoms with E-state index in [-0.39, 0.29) is 18.4 Å². The Labute approximate surface area is 173 Å². The van der Waals surface area contributed by atoms with Crippen LogP contribution in [0.2, 0.25) is 0 Å². The number of hydrogen-bond donors (Lipinski definition) is 3. The lowest BCUT2D eigenvalue weighted by atomic mass is 10.2. The molecule has 8 heteroatoms. The fraction of sp³-hybridized carbons (Fsp3) is 0.0909. The van der Waals surface area contributed by atoms with Crippen LogP contribution in [0.4, 0.5) is 0 Å². The van der Waals surface area contributed by atoms with Gasteiger partial charge in [0.25, 0.3) is 11.8 Å². The number of benzene rings is 2. The quantitative estimate of drug-likeness (QED) is 0.496. The molecule has 0 fully saturated rings. The molecule has 0 aliphatic heterocycles. The molecule has 0 atom stereocenters. The summed E-state index contributed by atoms with van der Waals surface area (Å²) in [4.78, 5) is 39.1. The van der Waals surface area contributed by atoms with Crippen molar-refractivity contribution in [3.05, 3.63) is 89.7 Å². The van der Waals surface area contributed by atoms with Crippen molar-refractivity contribution in [2.24, 2.45) is 5.73 Å². The fourth-order valence-corrected chi connectivity index (χ4v) is 2.55.